The quantitative estimate of drug-likeness (QED) is 0.686. The number of hydrogen-bond acceptors (Lipinski definition) is 1. The van der Waals surface area contributed by atoms with E-state index in [2.05, 4.69) is 24.9 Å². The van der Waals surface area contributed by atoms with Gasteiger partial charge in [-0.1, -0.05) is 13.8 Å². The highest BCUT2D eigenvalue weighted by molar-refractivity contribution is 5.21. The van der Waals surface area contributed by atoms with Crippen LogP contribution in [0.25, 0.3) is 0 Å². The fourth-order valence-corrected chi connectivity index (χ4v) is 0.981. The van der Waals surface area contributed by atoms with Gasteiger partial charge >= 0.3 is 0 Å². The van der Waals surface area contributed by atoms with Crippen LogP contribution in [0.5, 0.6) is 0 Å². The Morgan fingerprint density at radius 3 is 2.82 bits per heavy atom. The summed E-state index contributed by atoms with van der Waals surface area (Å²) in [5.41, 5.74) is 2.28. The highest BCUT2D eigenvalue weighted by Crippen LogP contribution is 2.14. The number of aromatic nitrogens is 1. The first-order valence-corrected chi connectivity index (χ1v) is 3.78. The third-order valence-electron chi connectivity index (χ3n) is 1.70. The summed E-state index contributed by atoms with van der Waals surface area (Å²) in [5, 5.41) is 8.40. The Balaban J connectivity index is 2.75. The molecule has 0 amide bonds. The lowest BCUT2D eigenvalue weighted by atomic mass is 10.1. The molecule has 0 spiro atoms. The summed E-state index contributed by atoms with van der Waals surface area (Å²) in [6.45, 7) is 4.28. The van der Waals surface area contributed by atoms with Gasteiger partial charge in [0.1, 0.15) is 0 Å². The molecule has 2 nitrogen and oxygen atoms in total. The molecular weight excluding hydrogens is 136 g/mol. The van der Waals surface area contributed by atoms with Crippen molar-refractivity contribution in [2.24, 2.45) is 0 Å². The van der Waals surface area contributed by atoms with Crippen LogP contribution >= 0.6 is 0 Å². The molecule has 1 aromatic heterocycles. The van der Waals surface area contributed by atoms with E-state index in [1.54, 1.807) is 0 Å². The second kappa shape index (κ2) is 3.25. The Morgan fingerprint density at radius 1 is 1.64 bits per heavy atom. The van der Waals surface area contributed by atoms with E-state index in [4.69, 9.17) is 5.26 Å². The SMILES string of the molecule is CC(C)c1c[nH]c(CC#N)c1. The molecule has 0 fully saturated rings. The zero-order chi connectivity index (χ0) is 8.27. The number of nitrogens with zero attached hydrogens (tertiary/aromatic N) is 1. The zero-order valence-corrected chi connectivity index (χ0v) is 6.89. The second-order valence-electron chi connectivity index (χ2n) is 2.95. The predicted molar refractivity (Wildman–Crippen MR) is 44.2 cm³/mol. The highest BCUT2D eigenvalue weighted by Gasteiger charge is 2.01. The molecule has 1 rings (SSSR count). The van der Waals surface area contributed by atoms with Gasteiger partial charge in [0.25, 0.3) is 0 Å². The molecule has 1 N–H and O–H groups in total. The Labute approximate surface area is 66.9 Å². The van der Waals surface area contributed by atoms with E-state index in [9.17, 15) is 0 Å². The van der Waals surface area contributed by atoms with Crippen molar-refractivity contribution < 1.29 is 0 Å². The standard InChI is InChI=1S/C9H12N2/c1-7(2)8-5-9(3-4-10)11-6-8/h5-7,11H,3H2,1-2H3. The first-order chi connectivity index (χ1) is 5.24. The first-order valence-electron chi connectivity index (χ1n) is 3.78. The summed E-state index contributed by atoms with van der Waals surface area (Å²) < 4.78 is 0. The number of H-pyrrole nitrogens is 1. The van der Waals surface area contributed by atoms with E-state index in [1.807, 2.05) is 12.3 Å². The Morgan fingerprint density at radius 2 is 2.36 bits per heavy atom. The number of hydrogen-bond donors (Lipinski definition) is 1. The fraction of sp³-hybridized carbons (Fsp3) is 0.444. The monoisotopic (exact) mass is 148 g/mol. The van der Waals surface area contributed by atoms with Crippen LogP contribution in [0.3, 0.4) is 0 Å². The van der Waals surface area contributed by atoms with Crippen LogP contribution in [-0.4, -0.2) is 4.98 Å². The van der Waals surface area contributed by atoms with Gasteiger partial charge in [0.15, 0.2) is 0 Å². The molecule has 0 saturated carbocycles. The highest BCUT2D eigenvalue weighted by atomic mass is 14.7. The summed E-state index contributed by atoms with van der Waals surface area (Å²) in [5.74, 6) is 0.540. The van der Waals surface area contributed by atoms with Crippen LogP contribution in [0.1, 0.15) is 31.0 Å². The maximum atomic E-state index is 8.40. The van der Waals surface area contributed by atoms with Crippen molar-refractivity contribution in [1.29, 1.82) is 5.26 Å². The van der Waals surface area contributed by atoms with E-state index < -0.39 is 0 Å². The normalized spacial score (nSPS) is 10.0. The molecule has 0 aliphatic carbocycles. The summed E-state index contributed by atoms with van der Waals surface area (Å²) in [7, 11) is 0. The van der Waals surface area contributed by atoms with Crippen molar-refractivity contribution in [3.05, 3.63) is 23.5 Å². The smallest absolute Gasteiger partial charge is 0.0752 e. The third kappa shape index (κ3) is 1.84. The number of rotatable bonds is 2. The maximum Gasteiger partial charge on any atom is 0.0752 e. The van der Waals surface area contributed by atoms with Gasteiger partial charge in [-0.25, -0.2) is 0 Å². The third-order valence-corrected chi connectivity index (χ3v) is 1.70. The largest absolute Gasteiger partial charge is 0.364 e. The maximum absolute atomic E-state index is 8.40. The van der Waals surface area contributed by atoms with Gasteiger partial charge in [0.2, 0.25) is 0 Å². The molecular formula is C9H12N2. The molecule has 0 unspecified atom stereocenters. The van der Waals surface area contributed by atoms with Crippen LogP contribution in [0.2, 0.25) is 0 Å². The second-order valence-corrected chi connectivity index (χ2v) is 2.95. The predicted octanol–water partition coefficient (Wildman–Crippen LogP) is 2.20. The Kier molecular flexibility index (Phi) is 2.32. The molecule has 2 heteroatoms. The van der Waals surface area contributed by atoms with Crippen molar-refractivity contribution in [3.8, 4) is 6.07 Å². The first kappa shape index (κ1) is 7.87. The zero-order valence-electron chi connectivity index (χ0n) is 6.89. The minimum Gasteiger partial charge on any atom is -0.364 e. The summed E-state index contributed by atoms with van der Waals surface area (Å²) in [6.07, 6.45) is 2.45. The van der Waals surface area contributed by atoms with Gasteiger partial charge in [-0.2, -0.15) is 5.26 Å². The lowest BCUT2D eigenvalue weighted by Crippen LogP contribution is -1.81. The van der Waals surface area contributed by atoms with Crippen LogP contribution in [-0.2, 0) is 6.42 Å². The van der Waals surface area contributed by atoms with E-state index in [1.165, 1.54) is 5.56 Å². The summed E-state index contributed by atoms with van der Waals surface area (Å²) in [6, 6.07) is 4.15. The molecule has 0 saturated heterocycles. The minimum absolute atomic E-state index is 0.479. The van der Waals surface area contributed by atoms with Crippen molar-refractivity contribution in [1.82, 2.24) is 4.98 Å². The molecule has 0 aliphatic heterocycles. The van der Waals surface area contributed by atoms with Gasteiger partial charge in [0, 0.05) is 11.9 Å². The van der Waals surface area contributed by atoms with E-state index >= 15 is 0 Å². The van der Waals surface area contributed by atoms with Gasteiger partial charge in [0.05, 0.1) is 12.5 Å². The molecule has 1 heterocycles. The molecule has 0 atom stereocenters. The molecule has 1 aromatic rings. The average Bonchev–Trinajstić information content (AvgIpc) is 2.37. The van der Waals surface area contributed by atoms with Gasteiger partial charge < -0.3 is 4.98 Å². The number of nitriles is 1. The lowest BCUT2D eigenvalue weighted by Gasteiger charge is -1.96. The fourth-order valence-electron chi connectivity index (χ4n) is 0.981. The molecule has 0 radical (unpaired) electrons. The topological polar surface area (TPSA) is 39.6 Å². The van der Waals surface area contributed by atoms with Crippen molar-refractivity contribution >= 4 is 0 Å². The summed E-state index contributed by atoms with van der Waals surface area (Å²) in [4.78, 5) is 3.07. The van der Waals surface area contributed by atoms with Crippen LogP contribution in [0.4, 0.5) is 0 Å². The van der Waals surface area contributed by atoms with Crippen molar-refractivity contribution in [3.63, 3.8) is 0 Å². The Hall–Kier alpha value is -1.23. The van der Waals surface area contributed by atoms with Gasteiger partial charge in [-0.3, -0.25) is 0 Å². The van der Waals surface area contributed by atoms with E-state index in [0.717, 1.165) is 5.69 Å². The molecule has 0 bridgehead atoms. The average molecular weight is 148 g/mol. The summed E-state index contributed by atoms with van der Waals surface area (Å²) >= 11 is 0. The van der Waals surface area contributed by atoms with Crippen molar-refractivity contribution in [2.75, 3.05) is 0 Å². The number of nitrogens with one attached hydrogen (secondary N) is 1. The van der Waals surface area contributed by atoms with Gasteiger partial charge in [-0.05, 0) is 17.5 Å². The van der Waals surface area contributed by atoms with Gasteiger partial charge in [-0.15, -0.1) is 0 Å². The van der Waals surface area contributed by atoms with Crippen LogP contribution in [0, 0.1) is 11.3 Å². The van der Waals surface area contributed by atoms with Crippen LogP contribution in [0.15, 0.2) is 12.3 Å². The van der Waals surface area contributed by atoms with E-state index in [0.29, 0.717) is 12.3 Å². The lowest BCUT2D eigenvalue weighted by molar-refractivity contribution is 0.868. The minimum atomic E-state index is 0.479. The van der Waals surface area contributed by atoms with Crippen LogP contribution < -0.4 is 0 Å². The van der Waals surface area contributed by atoms with E-state index in [-0.39, 0.29) is 0 Å². The molecule has 0 aliphatic rings. The molecule has 11 heavy (non-hydrogen) atoms. The number of aromatic amines is 1. The molecule has 0 aromatic carbocycles. The Bertz CT molecular complexity index is 265. The van der Waals surface area contributed by atoms with Crippen molar-refractivity contribution in [2.45, 2.75) is 26.2 Å². The molecule has 58 valence electrons.